The smallest absolute Gasteiger partial charge is 0.277 e. The summed E-state index contributed by atoms with van der Waals surface area (Å²) in [4.78, 5) is 17.4. The Kier molecular flexibility index (Phi) is 7.54. The first-order chi connectivity index (χ1) is 13.1. The molecular weight excluding hydrogens is 512 g/mol. The Bertz CT molecular complexity index is 897. The fraction of sp³-hybridized carbons (Fsp3) is 0.278. The number of hydrogen-bond donors (Lipinski definition) is 3. The van der Waals surface area contributed by atoms with Gasteiger partial charge in [0.1, 0.15) is 5.82 Å². The van der Waals surface area contributed by atoms with Crippen LogP contribution < -0.4 is 10.8 Å². The van der Waals surface area contributed by atoms with Crippen molar-refractivity contribution in [3.63, 3.8) is 0 Å². The van der Waals surface area contributed by atoms with Crippen LogP contribution in [0.4, 0.5) is 24.5 Å². The summed E-state index contributed by atoms with van der Waals surface area (Å²) in [6, 6.07) is 4.97. The van der Waals surface area contributed by atoms with Crippen molar-refractivity contribution in [1.82, 2.24) is 5.48 Å². The number of amides is 1. The molecule has 0 radical (unpaired) electrons. The number of anilines is 2. The lowest BCUT2D eigenvalue weighted by molar-refractivity contribution is -0.0197. The summed E-state index contributed by atoms with van der Waals surface area (Å²) in [5, 5.41) is 11.0. The molecular formula is C18H17ClF3IN2O3. The molecule has 10 heteroatoms. The molecule has 0 aliphatic carbocycles. The van der Waals surface area contributed by atoms with E-state index in [4.69, 9.17) is 16.4 Å². The number of benzene rings is 2. The van der Waals surface area contributed by atoms with E-state index in [2.05, 4.69) is 10.8 Å². The number of carbonyl (C=O) groups is 1. The van der Waals surface area contributed by atoms with Gasteiger partial charge in [0.15, 0.2) is 11.6 Å². The van der Waals surface area contributed by atoms with Gasteiger partial charge in [0.2, 0.25) is 0 Å². The van der Waals surface area contributed by atoms with Gasteiger partial charge in [-0.05, 0) is 46.9 Å². The molecule has 28 heavy (non-hydrogen) atoms. The van der Waals surface area contributed by atoms with Crippen LogP contribution in [-0.2, 0) is 4.84 Å². The van der Waals surface area contributed by atoms with E-state index in [9.17, 15) is 23.1 Å². The van der Waals surface area contributed by atoms with Crippen molar-refractivity contribution in [2.24, 2.45) is 5.41 Å². The molecule has 2 aromatic carbocycles. The van der Waals surface area contributed by atoms with E-state index < -0.39 is 39.5 Å². The SMILES string of the molecule is CC(C)(CO)CONC(=O)c1cc(Cl)c(F)c(F)c1Nc1ccc(I)cc1F. The number of hydrogen-bond acceptors (Lipinski definition) is 4. The fourth-order valence-corrected chi connectivity index (χ4v) is 2.66. The van der Waals surface area contributed by atoms with Crippen molar-refractivity contribution >= 4 is 51.5 Å². The third-order valence-corrected chi connectivity index (χ3v) is 4.60. The molecule has 0 heterocycles. The first-order valence-electron chi connectivity index (χ1n) is 7.98. The first-order valence-corrected chi connectivity index (χ1v) is 9.44. The number of rotatable bonds is 7. The van der Waals surface area contributed by atoms with Crippen LogP contribution in [0.15, 0.2) is 24.3 Å². The monoisotopic (exact) mass is 528 g/mol. The fourth-order valence-electron chi connectivity index (χ4n) is 2.02. The highest BCUT2D eigenvalue weighted by atomic mass is 127. The van der Waals surface area contributed by atoms with Crippen molar-refractivity contribution < 1.29 is 27.9 Å². The maximum absolute atomic E-state index is 14.4. The summed E-state index contributed by atoms with van der Waals surface area (Å²) in [6.45, 7) is 3.15. The number of halogens is 5. The summed E-state index contributed by atoms with van der Waals surface area (Å²) in [5.41, 5.74) is 0.312. The van der Waals surface area contributed by atoms with Crippen LogP contribution in [0.2, 0.25) is 5.02 Å². The van der Waals surface area contributed by atoms with E-state index in [1.54, 1.807) is 19.9 Å². The zero-order valence-electron chi connectivity index (χ0n) is 14.9. The minimum Gasteiger partial charge on any atom is -0.396 e. The second-order valence-corrected chi connectivity index (χ2v) is 8.35. The Morgan fingerprint density at radius 2 is 1.93 bits per heavy atom. The third kappa shape index (κ3) is 5.49. The van der Waals surface area contributed by atoms with Crippen molar-refractivity contribution in [1.29, 1.82) is 0 Å². The maximum Gasteiger partial charge on any atom is 0.277 e. The number of hydroxylamine groups is 1. The molecule has 0 spiro atoms. The molecule has 0 aliphatic heterocycles. The summed E-state index contributed by atoms with van der Waals surface area (Å²) >= 11 is 7.54. The maximum atomic E-state index is 14.4. The molecule has 0 saturated carbocycles. The molecule has 0 fully saturated rings. The Morgan fingerprint density at radius 3 is 2.54 bits per heavy atom. The molecule has 2 rings (SSSR count). The Morgan fingerprint density at radius 1 is 1.25 bits per heavy atom. The van der Waals surface area contributed by atoms with Gasteiger partial charge in [-0.3, -0.25) is 9.63 Å². The standard InChI is InChI=1S/C18H17ClF3IN2O3/c1-18(2,7-26)8-28-25-17(27)10-6-11(19)14(21)15(22)16(10)24-13-4-3-9(23)5-12(13)20/h3-6,24,26H,7-8H2,1-2H3,(H,25,27). The average molecular weight is 529 g/mol. The lowest BCUT2D eigenvalue weighted by Gasteiger charge is -2.21. The van der Waals surface area contributed by atoms with Crippen molar-refractivity contribution in [3.05, 3.63) is 55.9 Å². The van der Waals surface area contributed by atoms with Crippen molar-refractivity contribution in [2.45, 2.75) is 13.8 Å². The molecule has 152 valence electrons. The largest absolute Gasteiger partial charge is 0.396 e. The number of aliphatic hydroxyl groups is 1. The Labute approximate surface area is 178 Å². The highest BCUT2D eigenvalue weighted by Gasteiger charge is 2.24. The molecule has 0 saturated heterocycles. The molecule has 0 aliphatic rings. The van der Waals surface area contributed by atoms with Crippen LogP contribution in [0.1, 0.15) is 24.2 Å². The van der Waals surface area contributed by atoms with Gasteiger partial charge in [-0.15, -0.1) is 0 Å². The number of aliphatic hydroxyl groups excluding tert-OH is 1. The van der Waals surface area contributed by atoms with Crippen LogP contribution >= 0.6 is 34.2 Å². The van der Waals surface area contributed by atoms with Gasteiger partial charge in [0, 0.05) is 8.99 Å². The topological polar surface area (TPSA) is 70.6 Å². The van der Waals surface area contributed by atoms with Crippen LogP contribution in [0.5, 0.6) is 0 Å². The van der Waals surface area contributed by atoms with E-state index in [0.29, 0.717) is 3.57 Å². The van der Waals surface area contributed by atoms with Crippen LogP contribution in [0.3, 0.4) is 0 Å². The zero-order chi connectivity index (χ0) is 21.1. The minimum absolute atomic E-state index is 0.0405. The predicted octanol–water partition coefficient (Wildman–Crippen LogP) is 4.79. The van der Waals surface area contributed by atoms with Gasteiger partial charge < -0.3 is 10.4 Å². The molecule has 2 aromatic rings. The summed E-state index contributed by atoms with van der Waals surface area (Å²) in [5.74, 6) is -4.46. The number of nitrogens with one attached hydrogen (secondary N) is 2. The van der Waals surface area contributed by atoms with Gasteiger partial charge >= 0.3 is 0 Å². The molecule has 0 atom stereocenters. The quantitative estimate of drug-likeness (QED) is 0.275. The average Bonchev–Trinajstić information content (AvgIpc) is 2.63. The van der Waals surface area contributed by atoms with Gasteiger partial charge in [0.25, 0.3) is 5.91 Å². The van der Waals surface area contributed by atoms with Gasteiger partial charge in [-0.2, -0.15) is 0 Å². The van der Waals surface area contributed by atoms with E-state index in [-0.39, 0.29) is 24.5 Å². The number of carbonyl (C=O) groups excluding carboxylic acids is 1. The van der Waals surface area contributed by atoms with E-state index in [1.165, 1.54) is 12.1 Å². The van der Waals surface area contributed by atoms with Crippen LogP contribution in [0.25, 0.3) is 0 Å². The third-order valence-electron chi connectivity index (χ3n) is 3.65. The van der Waals surface area contributed by atoms with Gasteiger partial charge in [-0.1, -0.05) is 25.4 Å². The lowest BCUT2D eigenvalue weighted by Crippen LogP contribution is -2.32. The summed E-state index contributed by atoms with van der Waals surface area (Å²) < 4.78 is 43.1. The van der Waals surface area contributed by atoms with E-state index in [1.807, 2.05) is 22.6 Å². The van der Waals surface area contributed by atoms with Crippen molar-refractivity contribution in [3.8, 4) is 0 Å². The molecule has 1 amide bonds. The normalized spacial score (nSPS) is 11.4. The molecule has 0 unspecified atom stereocenters. The Hall–Kier alpha value is -1.56. The molecule has 3 N–H and O–H groups in total. The second-order valence-electron chi connectivity index (χ2n) is 6.70. The molecule has 5 nitrogen and oxygen atoms in total. The van der Waals surface area contributed by atoms with Gasteiger partial charge in [0.05, 0.1) is 35.2 Å². The van der Waals surface area contributed by atoms with Crippen molar-refractivity contribution in [2.75, 3.05) is 18.5 Å². The van der Waals surface area contributed by atoms with Gasteiger partial charge in [-0.25, -0.2) is 18.7 Å². The highest BCUT2D eigenvalue weighted by molar-refractivity contribution is 14.1. The zero-order valence-corrected chi connectivity index (χ0v) is 17.8. The molecule has 0 aromatic heterocycles. The second kappa shape index (κ2) is 9.29. The Balaban J connectivity index is 2.34. The van der Waals surface area contributed by atoms with Crippen LogP contribution in [0, 0.1) is 26.4 Å². The van der Waals surface area contributed by atoms with Crippen LogP contribution in [-0.4, -0.2) is 24.2 Å². The lowest BCUT2D eigenvalue weighted by atomic mass is 9.97. The van der Waals surface area contributed by atoms with E-state index >= 15 is 0 Å². The molecule has 0 bridgehead atoms. The summed E-state index contributed by atoms with van der Waals surface area (Å²) in [7, 11) is 0. The predicted molar refractivity (Wildman–Crippen MR) is 108 cm³/mol. The minimum atomic E-state index is -1.44. The first kappa shape index (κ1) is 22.7. The summed E-state index contributed by atoms with van der Waals surface area (Å²) in [6.07, 6.45) is 0. The highest BCUT2D eigenvalue weighted by Crippen LogP contribution is 2.32. The van der Waals surface area contributed by atoms with E-state index in [0.717, 1.165) is 6.07 Å².